The van der Waals surface area contributed by atoms with Gasteiger partial charge < -0.3 is 10.1 Å². The Morgan fingerprint density at radius 3 is 2.95 bits per heavy atom. The molecule has 0 spiro atoms. The number of nitrogens with zero attached hydrogens (tertiary/aromatic N) is 3. The van der Waals surface area contributed by atoms with Gasteiger partial charge in [0.25, 0.3) is 0 Å². The van der Waals surface area contributed by atoms with Gasteiger partial charge in [-0.1, -0.05) is 0 Å². The van der Waals surface area contributed by atoms with Gasteiger partial charge in [-0.2, -0.15) is 0 Å². The lowest BCUT2D eigenvalue weighted by atomic mass is 10.1. The first-order valence-corrected chi connectivity index (χ1v) is 6.37. The lowest BCUT2D eigenvalue weighted by Crippen LogP contribution is -2.06. The van der Waals surface area contributed by atoms with E-state index in [1.54, 1.807) is 6.20 Å². The van der Waals surface area contributed by atoms with E-state index < -0.39 is 0 Å². The van der Waals surface area contributed by atoms with Crippen LogP contribution in [0.1, 0.15) is 11.3 Å². The van der Waals surface area contributed by atoms with E-state index >= 15 is 0 Å². The van der Waals surface area contributed by atoms with Gasteiger partial charge in [0.05, 0.1) is 11.4 Å². The van der Waals surface area contributed by atoms with E-state index in [2.05, 4.69) is 34.6 Å². The Balaban J connectivity index is 2.26. The summed E-state index contributed by atoms with van der Waals surface area (Å²) in [4.78, 5) is 8.90. The Hall–Kier alpha value is -2.20. The first kappa shape index (κ1) is 11.9. The van der Waals surface area contributed by atoms with Crippen LogP contribution in [0.2, 0.25) is 0 Å². The number of aromatic nitrogens is 3. The van der Waals surface area contributed by atoms with Crippen LogP contribution in [0.5, 0.6) is 0 Å². The summed E-state index contributed by atoms with van der Waals surface area (Å²) in [6.45, 7) is 2.68. The van der Waals surface area contributed by atoms with Crippen LogP contribution in [0.15, 0.2) is 42.9 Å². The Morgan fingerprint density at radius 2 is 2.21 bits per heavy atom. The van der Waals surface area contributed by atoms with Crippen LogP contribution in [0, 0.1) is 6.92 Å². The lowest BCUT2D eigenvalue weighted by Gasteiger charge is -2.03. The molecule has 0 atom stereocenters. The third-order valence-corrected chi connectivity index (χ3v) is 3.20. The topological polar surface area (TPSA) is 56.2 Å². The molecule has 0 unspecified atom stereocenters. The van der Waals surface area contributed by atoms with E-state index in [0.29, 0.717) is 6.54 Å². The molecule has 0 amide bonds. The summed E-state index contributed by atoms with van der Waals surface area (Å²) in [6.07, 6.45) is 6.47. The molecular weight excluding hydrogens is 236 g/mol. The van der Waals surface area contributed by atoms with Crippen LogP contribution in [-0.2, 0) is 6.42 Å². The van der Waals surface area contributed by atoms with Gasteiger partial charge in [-0.3, -0.25) is 4.98 Å². The fourth-order valence-corrected chi connectivity index (χ4v) is 2.31. The Kier molecular flexibility index (Phi) is 3.01. The number of hydrogen-bond acceptors (Lipinski definition) is 3. The van der Waals surface area contributed by atoms with Crippen molar-refractivity contribution in [1.29, 1.82) is 0 Å². The van der Waals surface area contributed by atoms with Crippen LogP contribution >= 0.6 is 0 Å². The maximum absolute atomic E-state index is 5.73. The Bertz CT molecular complexity index is 701. The van der Waals surface area contributed by atoms with E-state index in [1.165, 1.54) is 5.56 Å². The number of fused-ring (bicyclic) bond motifs is 1. The zero-order valence-electron chi connectivity index (χ0n) is 10.9. The third-order valence-electron chi connectivity index (χ3n) is 3.20. The molecule has 4 nitrogen and oxygen atoms in total. The summed E-state index contributed by atoms with van der Waals surface area (Å²) < 4.78 is 2.11. The summed E-state index contributed by atoms with van der Waals surface area (Å²) in [6, 6.07) is 8.13. The van der Waals surface area contributed by atoms with Crippen molar-refractivity contribution in [3.05, 3.63) is 54.1 Å². The van der Waals surface area contributed by atoms with Crippen LogP contribution in [0.3, 0.4) is 0 Å². The van der Waals surface area contributed by atoms with E-state index in [0.717, 1.165) is 29.0 Å². The normalized spacial score (nSPS) is 11.1. The van der Waals surface area contributed by atoms with Crippen LogP contribution in [0.4, 0.5) is 0 Å². The second-order valence-corrected chi connectivity index (χ2v) is 4.62. The van der Waals surface area contributed by atoms with Crippen molar-refractivity contribution < 1.29 is 0 Å². The van der Waals surface area contributed by atoms with Gasteiger partial charge in [0.2, 0.25) is 0 Å². The van der Waals surface area contributed by atoms with Crippen molar-refractivity contribution in [3.63, 3.8) is 0 Å². The number of imidazole rings is 1. The molecule has 0 saturated heterocycles. The number of aryl methyl sites for hydroxylation is 1. The van der Waals surface area contributed by atoms with Crippen LogP contribution in [-0.4, -0.2) is 20.9 Å². The molecule has 0 fully saturated rings. The molecule has 4 heteroatoms. The Morgan fingerprint density at radius 1 is 1.32 bits per heavy atom. The minimum absolute atomic E-state index is 0.606. The van der Waals surface area contributed by atoms with Crippen molar-refractivity contribution in [2.45, 2.75) is 13.3 Å². The first-order valence-electron chi connectivity index (χ1n) is 6.37. The second kappa shape index (κ2) is 4.82. The maximum Gasteiger partial charge on any atom is 0.137 e. The van der Waals surface area contributed by atoms with E-state index in [1.807, 2.05) is 18.3 Å². The molecule has 0 radical (unpaired) electrons. The van der Waals surface area contributed by atoms with E-state index in [9.17, 15) is 0 Å². The quantitative estimate of drug-likeness (QED) is 0.777. The minimum Gasteiger partial charge on any atom is -0.330 e. The average molecular weight is 252 g/mol. The van der Waals surface area contributed by atoms with Gasteiger partial charge in [0, 0.05) is 30.6 Å². The third kappa shape index (κ3) is 2.11. The molecule has 2 N–H and O–H groups in total. The molecular formula is C15H16N4. The van der Waals surface area contributed by atoms with Gasteiger partial charge in [-0.15, -0.1) is 0 Å². The highest BCUT2D eigenvalue weighted by Gasteiger charge is 2.13. The molecule has 19 heavy (non-hydrogen) atoms. The molecule has 0 aliphatic rings. The average Bonchev–Trinajstić information content (AvgIpc) is 2.78. The summed E-state index contributed by atoms with van der Waals surface area (Å²) in [5.41, 5.74) is 11.0. The molecule has 0 saturated carbocycles. The van der Waals surface area contributed by atoms with E-state index in [4.69, 9.17) is 10.7 Å². The van der Waals surface area contributed by atoms with E-state index in [-0.39, 0.29) is 0 Å². The highest BCUT2D eigenvalue weighted by Crippen LogP contribution is 2.24. The van der Waals surface area contributed by atoms with Gasteiger partial charge in [0.15, 0.2) is 0 Å². The van der Waals surface area contributed by atoms with Crippen LogP contribution < -0.4 is 5.73 Å². The molecule has 3 aromatic heterocycles. The summed E-state index contributed by atoms with van der Waals surface area (Å²) >= 11 is 0. The van der Waals surface area contributed by atoms with Crippen molar-refractivity contribution in [2.75, 3.05) is 6.54 Å². The number of pyridine rings is 2. The summed E-state index contributed by atoms with van der Waals surface area (Å²) in [5, 5.41) is 0. The molecule has 96 valence electrons. The van der Waals surface area contributed by atoms with Crippen molar-refractivity contribution in [3.8, 4) is 11.3 Å². The molecule has 0 aromatic carbocycles. The number of hydrogen-bond donors (Lipinski definition) is 1. The van der Waals surface area contributed by atoms with Gasteiger partial charge in [0.1, 0.15) is 5.65 Å². The van der Waals surface area contributed by atoms with Gasteiger partial charge in [-0.25, -0.2) is 4.98 Å². The largest absolute Gasteiger partial charge is 0.330 e. The second-order valence-electron chi connectivity index (χ2n) is 4.62. The van der Waals surface area contributed by atoms with Crippen LogP contribution in [0.25, 0.3) is 16.9 Å². The molecule has 3 rings (SSSR count). The number of rotatable bonds is 3. The fraction of sp³-hybridized carbons (Fsp3) is 0.200. The molecule has 0 aliphatic carbocycles. The minimum atomic E-state index is 0.606. The fourth-order valence-electron chi connectivity index (χ4n) is 2.31. The number of nitrogens with two attached hydrogens (primary N) is 1. The highest BCUT2D eigenvalue weighted by atomic mass is 15.0. The summed E-state index contributed by atoms with van der Waals surface area (Å²) in [7, 11) is 0. The standard InChI is InChI=1S/C15H16N4/c1-11-5-8-19-13(4-6-16)15(18-14(19)9-11)12-3-2-7-17-10-12/h2-3,5,7-10H,4,6,16H2,1H3. The summed E-state index contributed by atoms with van der Waals surface area (Å²) in [5.74, 6) is 0. The Labute approximate surface area is 111 Å². The van der Waals surface area contributed by atoms with Crippen molar-refractivity contribution in [1.82, 2.24) is 14.4 Å². The zero-order valence-corrected chi connectivity index (χ0v) is 10.9. The molecule has 0 aliphatic heterocycles. The first-order chi connectivity index (χ1) is 9.29. The molecule has 3 heterocycles. The zero-order chi connectivity index (χ0) is 13.2. The lowest BCUT2D eigenvalue weighted by molar-refractivity contribution is 0.906. The maximum atomic E-state index is 5.73. The molecule has 0 bridgehead atoms. The highest BCUT2D eigenvalue weighted by molar-refractivity contribution is 5.66. The van der Waals surface area contributed by atoms with Gasteiger partial charge in [-0.05, 0) is 43.3 Å². The predicted octanol–water partition coefficient (Wildman–Crippen LogP) is 2.21. The molecule has 3 aromatic rings. The van der Waals surface area contributed by atoms with Crippen molar-refractivity contribution in [2.24, 2.45) is 5.73 Å². The monoisotopic (exact) mass is 252 g/mol. The van der Waals surface area contributed by atoms with Gasteiger partial charge >= 0.3 is 0 Å². The predicted molar refractivity (Wildman–Crippen MR) is 75.9 cm³/mol. The van der Waals surface area contributed by atoms with Crippen molar-refractivity contribution >= 4 is 5.65 Å². The smallest absolute Gasteiger partial charge is 0.137 e. The SMILES string of the molecule is Cc1ccn2c(CCN)c(-c3cccnc3)nc2c1.